The Hall–Kier alpha value is -3.41. The van der Waals surface area contributed by atoms with E-state index >= 15 is 0 Å². The fourth-order valence-electron chi connectivity index (χ4n) is 4.84. The molecule has 5 nitrogen and oxygen atoms in total. The van der Waals surface area contributed by atoms with Gasteiger partial charge in [-0.05, 0) is 47.9 Å². The second-order valence-electron chi connectivity index (χ2n) is 8.48. The predicted octanol–water partition coefficient (Wildman–Crippen LogP) is 3.93. The van der Waals surface area contributed by atoms with Crippen molar-refractivity contribution in [3.05, 3.63) is 78.1 Å². The van der Waals surface area contributed by atoms with Crippen molar-refractivity contribution in [3.8, 4) is 0 Å². The number of piperazine rings is 1. The zero-order valence-electron chi connectivity index (χ0n) is 17.9. The lowest BCUT2D eigenvalue weighted by atomic mass is 10.1. The van der Waals surface area contributed by atoms with E-state index in [4.69, 9.17) is 0 Å². The van der Waals surface area contributed by atoms with Crippen molar-refractivity contribution in [2.45, 2.75) is 18.9 Å². The Balaban J connectivity index is 1.27. The number of benzene rings is 3. The van der Waals surface area contributed by atoms with Crippen LogP contribution in [0.15, 0.2) is 66.7 Å². The minimum absolute atomic E-state index is 0.00447. The van der Waals surface area contributed by atoms with Crippen molar-refractivity contribution in [2.75, 3.05) is 37.6 Å². The van der Waals surface area contributed by atoms with Crippen molar-refractivity contribution in [1.29, 1.82) is 0 Å². The van der Waals surface area contributed by atoms with Crippen LogP contribution in [-0.2, 0) is 4.79 Å². The fourth-order valence-corrected chi connectivity index (χ4v) is 4.84. The van der Waals surface area contributed by atoms with E-state index in [1.54, 1.807) is 17.0 Å². The maximum absolute atomic E-state index is 14.1. The summed E-state index contributed by atoms with van der Waals surface area (Å²) in [4.78, 5) is 32.1. The lowest BCUT2D eigenvalue weighted by Crippen LogP contribution is -2.54. The summed E-state index contributed by atoms with van der Waals surface area (Å²) in [7, 11) is 0. The van der Waals surface area contributed by atoms with Gasteiger partial charge in [0.05, 0.1) is 5.69 Å². The van der Waals surface area contributed by atoms with E-state index in [1.165, 1.54) is 6.07 Å². The van der Waals surface area contributed by atoms with E-state index in [0.717, 1.165) is 17.2 Å². The number of likely N-dealkylation sites (tertiary alicyclic amines) is 1. The van der Waals surface area contributed by atoms with Crippen LogP contribution < -0.4 is 4.90 Å². The molecule has 0 bridgehead atoms. The van der Waals surface area contributed by atoms with Crippen LogP contribution in [-0.4, -0.2) is 60.4 Å². The van der Waals surface area contributed by atoms with Gasteiger partial charge in [-0.25, -0.2) is 4.39 Å². The van der Waals surface area contributed by atoms with Gasteiger partial charge in [0.2, 0.25) is 5.91 Å². The molecule has 2 aliphatic heterocycles. The fraction of sp³-hybridized carbons (Fsp3) is 0.308. The average molecular weight is 432 g/mol. The first-order valence-electron chi connectivity index (χ1n) is 11.2. The maximum atomic E-state index is 14.1. The highest BCUT2D eigenvalue weighted by atomic mass is 19.1. The lowest BCUT2D eigenvalue weighted by Gasteiger charge is -2.38. The van der Waals surface area contributed by atoms with Gasteiger partial charge in [0.1, 0.15) is 11.9 Å². The van der Waals surface area contributed by atoms with Crippen LogP contribution in [0, 0.1) is 5.82 Å². The van der Waals surface area contributed by atoms with Gasteiger partial charge in [0, 0.05) is 38.3 Å². The molecule has 32 heavy (non-hydrogen) atoms. The van der Waals surface area contributed by atoms with E-state index in [9.17, 15) is 14.0 Å². The molecule has 2 amide bonds. The van der Waals surface area contributed by atoms with Gasteiger partial charge in [-0.1, -0.05) is 42.5 Å². The Morgan fingerprint density at radius 2 is 1.53 bits per heavy atom. The Bertz CT molecular complexity index is 1160. The number of anilines is 1. The third kappa shape index (κ3) is 3.81. The largest absolute Gasteiger partial charge is 0.366 e. The molecule has 0 saturated carbocycles. The normalized spacial score (nSPS) is 18.9. The zero-order chi connectivity index (χ0) is 22.1. The Kier molecular flexibility index (Phi) is 5.52. The summed E-state index contributed by atoms with van der Waals surface area (Å²) in [5.74, 6) is -0.323. The molecule has 1 unspecified atom stereocenters. The summed E-state index contributed by atoms with van der Waals surface area (Å²) in [6, 6.07) is 20.0. The number of carbonyl (C=O) groups is 2. The van der Waals surface area contributed by atoms with E-state index in [-0.39, 0.29) is 17.6 Å². The summed E-state index contributed by atoms with van der Waals surface area (Å²) in [5.41, 5.74) is 1.20. The SMILES string of the molecule is O=C(C1CCCN1C(=O)c1ccc2ccccc2c1)N1CCN(c2ccccc2F)CC1. The van der Waals surface area contributed by atoms with Crippen LogP contribution in [0.3, 0.4) is 0 Å². The molecular weight excluding hydrogens is 405 g/mol. The van der Waals surface area contributed by atoms with Gasteiger partial charge in [0.25, 0.3) is 5.91 Å². The Morgan fingerprint density at radius 3 is 2.31 bits per heavy atom. The van der Waals surface area contributed by atoms with Crippen molar-refractivity contribution >= 4 is 28.3 Å². The molecule has 0 N–H and O–H groups in total. The van der Waals surface area contributed by atoms with Gasteiger partial charge in [0.15, 0.2) is 0 Å². The summed E-state index contributed by atoms with van der Waals surface area (Å²) in [6.07, 6.45) is 1.51. The molecule has 0 aromatic heterocycles. The number of fused-ring (bicyclic) bond motifs is 1. The number of hydrogen-bond acceptors (Lipinski definition) is 3. The van der Waals surface area contributed by atoms with E-state index in [0.29, 0.717) is 50.4 Å². The first-order valence-corrected chi connectivity index (χ1v) is 11.2. The molecule has 2 heterocycles. The molecule has 3 aromatic carbocycles. The Morgan fingerprint density at radius 1 is 0.812 bits per heavy atom. The van der Waals surface area contributed by atoms with Crippen LogP contribution in [0.1, 0.15) is 23.2 Å². The van der Waals surface area contributed by atoms with Crippen molar-refractivity contribution in [1.82, 2.24) is 9.80 Å². The summed E-state index contributed by atoms with van der Waals surface area (Å²) in [5, 5.41) is 2.11. The van der Waals surface area contributed by atoms with E-state index in [2.05, 4.69) is 0 Å². The highest BCUT2D eigenvalue weighted by Crippen LogP contribution is 2.25. The highest BCUT2D eigenvalue weighted by Gasteiger charge is 2.37. The van der Waals surface area contributed by atoms with E-state index in [1.807, 2.05) is 58.3 Å². The van der Waals surface area contributed by atoms with Gasteiger partial charge in [-0.2, -0.15) is 0 Å². The number of amides is 2. The van der Waals surface area contributed by atoms with Crippen molar-refractivity contribution in [3.63, 3.8) is 0 Å². The van der Waals surface area contributed by atoms with Gasteiger partial charge < -0.3 is 14.7 Å². The molecule has 0 radical (unpaired) electrons. The maximum Gasteiger partial charge on any atom is 0.254 e. The Labute approximate surface area is 187 Å². The number of nitrogens with zero attached hydrogens (tertiary/aromatic N) is 3. The number of rotatable bonds is 3. The predicted molar refractivity (Wildman–Crippen MR) is 123 cm³/mol. The van der Waals surface area contributed by atoms with Gasteiger partial charge in [-0.3, -0.25) is 9.59 Å². The third-order valence-corrected chi connectivity index (χ3v) is 6.58. The molecule has 2 saturated heterocycles. The molecular formula is C26H26FN3O2. The minimum atomic E-state index is -0.422. The lowest BCUT2D eigenvalue weighted by molar-refractivity contribution is -0.135. The number of hydrogen-bond donors (Lipinski definition) is 0. The summed E-state index contributed by atoms with van der Waals surface area (Å²) >= 11 is 0. The van der Waals surface area contributed by atoms with Crippen LogP contribution >= 0.6 is 0 Å². The molecule has 2 aliphatic rings. The summed E-state index contributed by atoms with van der Waals surface area (Å²) < 4.78 is 14.1. The molecule has 0 spiro atoms. The van der Waals surface area contributed by atoms with Crippen LogP contribution in [0.2, 0.25) is 0 Å². The molecule has 2 fully saturated rings. The zero-order valence-corrected chi connectivity index (χ0v) is 17.9. The van der Waals surface area contributed by atoms with E-state index < -0.39 is 6.04 Å². The number of halogens is 1. The molecule has 6 heteroatoms. The van der Waals surface area contributed by atoms with Crippen LogP contribution in [0.4, 0.5) is 10.1 Å². The topological polar surface area (TPSA) is 43.9 Å². The smallest absolute Gasteiger partial charge is 0.254 e. The minimum Gasteiger partial charge on any atom is -0.366 e. The second kappa shape index (κ2) is 8.61. The third-order valence-electron chi connectivity index (χ3n) is 6.58. The number of para-hydroxylation sites is 1. The number of carbonyl (C=O) groups excluding carboxylic acids is 2. The molecule has 0 aliphatic carbocycles. The van der Waals surface area contributed by atoms with Gasteiger partial charge >= 0.3 is 0 Å². The highest BCUT2D eigenvalue weighted by molar-refractivity contribution is 6.01. The van der Waals surface area contributed by atoms with Crippen molar-refractivity contribution < 1.29 is 14.0 Å². The molecule has 3 aromatic rings. The average Bonchev–Trinajstić information content (AvgIpc) is 3.33. The molecule has 5 rings (SSSR count). The molecule has 1 atom stereocenters. The summed E-state index contributed by atoms with van der Waals surface area (Å²) in [6.45, 7) is 2.82. The first kappa shape index (κ1) is 20.5. The first-order chi connectivity index (χ1) is 15.6. The monoisotopic (exact) mass is 431 g/mol. The quantitative estimate of drug-likeness (QED) is 0.631. The molecule has 164 valence electrons. The standard InChI is InChI=1S/C26H26FN3O2/c27-22-8-3-4-9-23(22)28-14-16-29(17-15-28)26(32)24-10-5-13-30(24)25(31)21-12-11-19-6-1-2-7-20(19)18-21/h1-4,6-9,11-12,18,24H,5,10,13-17H2. The second-order valence-corrected chi connectivity index (χ2v) is 8.48. The van der Waals surface area contributed by atoms with Crippen molar-refractivity contribution in [2.24, 2.45) is 0 Å². The van der Waals surface area contributed by atoms with Crippen LogP contribution in [0.25, 0.3) is 10.8 Å². The van der Waals surface area contributed by atoms with Gasteiger partial charge in [-0.15, -0.1) is 0 Å². The van der Waals surface area contributed by atoms with Crippen LogP contribution in [0.5, 0.6) is 0 Å².